The first-order chi connectivity index (χ1) is 11.3. The molecule has 1 saturated heterocycles. The van der Waals surface area contributed by atoms with E-state index >= 15 is 0 Å². The Bertz CT molecular complexity index is 811. The second-order valence-corrected chi connectivity index (χ2v) is 6.87. The fraction of sp³-hybridized carbons (Fsp3) is 0.353. The van der Waals surface area contributed by atoms with Gasteiger partial charge in [-0.2, -0.15) is 5.10 Å². The molecule has 1 atom stereocenters. The molecule has 0 N–H and O–H groups in total. The number of carbonyl (C=O) groups excluding carboxylic acids is 1. The van der Waals surface area contributed by atoms with Crippen LogP contribution in [0, 0.1) is 0 Å². The normalized spacial score (nSPS) is 18.4. The minimum Gasteiger partial charge on any atom is -0.334 e. The molecule has 3 aromatic heterocycles. The number of fused-ring (bicyclic) bond motifs is 1. The number of piperidine rings is 1. The summed E-state index contributed by atoms with van der Waals surface area (Å²) in [6, 6.07) is 7.98. The summed E-state index contributed by atoms with van der Waals surface area (Å²) in [6.07, 6.45) is 7.35. The minimum atomic E-state index is 0.0797. The zero-order valence-corrected chi connectivity index (χ0v) is 13.6. The highest BCUT2D eigenvalue weighted by Gasteiger charge is 2.29. The topological polar surface area (TPSA) is 50.5 Å². The molecule has 4 rings (SSSR count). The summed E-state index contributed by atoms with van der Waals surface area (Å²) in [5.74, 6) is 0.201. The van der Waals surface area contributed by atoms with Crippen LogP contribution in [-0.4, -0.2) is 31.9 Å². The molecule has 0 aromatic carbocycles. The van der Waals surface area contributed by atoms with Crippen LogP contribution >= 0.6 is 11.3 Å². The lowest BCUT2D eigenvalue weighted by Crippen LogP contribution is -2.39. The van der Waals surface area contributed by atoms with E-state index in [9.17, 15) is 4.79 Å². The number of rotatable bonds is 3. The Labute approximate surface area is 138 Å². The third-order valence-electron chi connectivity index (χ3n) is 4.35. The number of aromatic nitrogens is 3. The monoisotopic (exact) mass is 326 g/mol. The fourth-order valence-electron chi connectivity index (χ4n) is 3.21. The average Bonchev–Trinajstić information content (AvgIpc) is 3.25. The van der Waals surface area contributed by atoms with Gasteiger partial charge in [-0.15, -0.1) is 11.3 Å². The van der Waals surface area contributed by atoms with E-state index in [1.165, 1.54) is 0 Å². The van der Waals surface area contributed by atoms with Gasteiger partial charge in [0.1, 0.15) is 0 Å². The van der Waals surface area contributed by atoms with Crippen LogP contribution in [0.3, 0.4) is 0 Å². The van der Waals surface area contributed by atoms with Gasteiger partial charge in [-0.25, -0.2) is 9.50 Å². The molecule has 6 heteroatoms. The molecule has 118 valence electrons. The predicted molar refractivity (Wildman–Crippen MR) is 89.3 cm³/mol. The van der Waals surface area contributed by atoms with Gasteiger partial charge in [0, 0.05) is 23.7 Å². The summed E-state index contributed by atoms with van der Waals surface area (Å²) in [6.45, 7) is 0.820. The zero-order chi connectivity index (χ0) is 15.6. The van der Waals surface area contributed by atoms with Gasteiger partial charge >= 0.3 is 0 Å². The summed E-state index contributed by atoms with van der Waals surface area (Å²) < 4.78 is 1.75. The summed E-state index contributed by atoms with van der Waals surface area (Å²) >= 11 is 1.64. The zero-order valence-electron chi connectivity index (χ0n) is 12.8. The van der Waals surface area contributed by atoms with Crippen LogP contribution in [0.15, 0.2) is 42.0 Å². The molecule has 0 saturated carbocycles. The van der Waals surface area contributed by atoms with Gasteiger partial charge < -0.3 is 4.90 Å². The van der Waals surface area contributed by atoms with Crippen molar-refractivity contribution in [1.82, 2.24) is 19.5 Å². The predicted octanol–water partition coefficient (Wildman–Crippen LogP) is 3.09. The first-order valence-electron chi connectivity index (χ1n) is 7.93. The standard InChI is InChI=1S/C17H18N4OS/c22-17(12-13-4-3-11-23-13)20-9-2-1-5-15(20)14-7-10-21-16(19-14)6-8-18-21/h3-4,6-8,10-11,15H,1-2,5,9,12H2/t15-/m1/s1. The minimum absolute atomic E-state index is 0.0797. The fourth-order valence-corrected chi connectivity index (χ4v) is 3.91. The third kappa shape index (κ3) is 2.86. The highest BCUT2D eigenvalue weighted by molar-refractivity contribution is 7.10. The second-order valence-electron chi connectivity index (χ2n) is 5.84. The van der Waals surface area contributed by atoms with Crippen molar-refractivity contribution in [1.29, 1.82) is 0 Å². The number of amides is 1. The molecule has 1 fully saturated rings. The van der Waals surface area contributed by atoms with E-state index in [0.29, 0.717) is 6.42 Å². The first-order valence-corrected chi connectivity index (χ1v) is 8.81. The van der Waals surface area contributed by atoms with Crippen LogP contribution in [0.1, 0.15) is 35.9 Å². The molecule has 3 aromatic rings. The lowest BCUT2D eigenvalue weighted by molar-refractivity contribution is -0.134. The first kappa shape index (κ1) is 14.4. The van der Waals surface area contributed by atoms with Crippen molar-refractivity contribution in [3.8, 4) is 0 Å². The lowest BCUT2D eigenvalue weighted by Gasteiger charge is -2.35. The summed E-state index contributed by atoms with van der Waals surface area (Å²) in [5, 5.41) is 6.20. The van der Waals surface area contributed by atoms with E-state index in [1.54, 1.807) is 22.0 Å². The maximum Gasteiger partial charge on any atom is 0.228 e. The van der Waals surface area contributed by atoms with E-state index in [-0.39, 0.29) is 11.9 Å². The van der Waals surface area contributed by atoms with Gasteiger partial charge in [0.05, 0.1) is 24.4 Å². The van der Waals surface area contributed by atoms with Gasteiger partial charge in [-0.3, -0.25) is 4.79 Å². The second kappa shape index (κ2) is 6.12. The largest absolute Gasteiger partial charge is 0.334 e. The Balaban J connectivity index is 1.60. The molecule has 0 bridgehead atoms. The number of carbonyl (C=O) groups is 1. The number of hydrogen-bond acceptors (Lipinski definition) is 4. The highest BCUT2D eigenvalue weighted by Crippen LogP contribution is 2.30. The molecule has 4 heterocycles. The van der Waals surface area contributed by atoms with Gasteiger partial charge in [-0.1, -0.05) is 6.07 Å². The Morgan fingerprint density at radius 2 is 2.26 bits per heavy atom. The van der Waals surface area contributed by atoms with Crippen molar-refractivity contribution in [3.63, 3.8) is 0 Å². The van der Waals surface area contributed by atoms with E-state index in [2.05, 4.69) is 5.10 Å². The smallest absolute Gasteiger partial charge is 0.228 e. The van der Waals surface area contributed by atoms with E-state index in [1.807, 2.05) is 40.7 Å². The van der Waals surface area contributed by atoms with Crippen molar-refractivity contribution in [2.75, 3.05) is 6.54 Å². The van der Waals surface area contributed by atoms with Crippen molar-refractivity contribution in [3.05, 3.63) is 52.6 Å². The maximum atomic E-state index is 12.8. The molecule has 0 radical (unpaired) electrons. The van der Waals surface area contributed by atoms with Crippen LogP contribution in [-0.2, 0) is 11.2 Å². The van der Waals surface area contributed by atoms with Crippen molar-refractivity contribution >= 4 is 22.9 Å². The molecule has 0 unspecified atom stereocenters. The molecule has 0 spiro atoms. The maximum absolute atomic E-state index is 12.8. The van der Waals surface area contributed by atoms with E-state index in [4.69, 9.17) is 4.98 Å². The van der Waals surface area contributed by atoms with Crippen LogP contribution in [0.5, 0.6) is 0 Å². The van der Waals surface area contributed by atoms with E-state index in [0.717, 1.165) is 42.0 Å². The van der Waals surface area contributed by atoms with Crippen LogP contribution in [0.4, 0.5) is 0 Å². The average molecular weight is 326 g/mol. The Kier molecular flexibility index (Phi) is 3.83. The van der Waals surface area contributed by atoms with Gasteiger partial charge in [0.2, 0.25) is 5.91 Å². The number of thiophene rings is 1. The van der Waals surface area contributed by atoms with Crippen LogP contribution < -0.4 is 0 Å². The van der Waals surface area contributed by atoms with Gasteiger partial charge in [0.15, 0.2) is 5.65 Å². The quantitative estimate of drug-likeness (QED) is 0.743. The number of likely N-dealkylation sites (tertiary alicyclic amines) is 1. The number of nitrogens with zero attached hydrogens (tertiary/aromatic N) is 4. The molecular formula is C17H18N4OS. The Morgan fingerprint density at radius 1 is 1.30 bits per heavy atom. The SMILES string of the molecule is O=C(Cc1cccs1)N1CCCC[C@@H]1c1ccn2nccc2n1. The Hall–Kier alpha value is -2.21. The van der Waals surface area contributed by atoms with Crippen molar-refractivity contribution < 1.29 is 4.79 Å². The number of hydrogen-bond donors (Lipinski definition) is 0. The molecular weight excluding hydrogens is 308 g/mol. The van der Waals surface area contributed by atoms with Gasteiger partial charge in [0.25, 0.3) is 0 Å². The van der Waals surface area contributed by atoms with Crippen LogP contribution in [0.25, 0.3) is 5.65 Å². The van der Waals surface area contributed by atoms with Crippen LogP contribution in [0.2, 0.25) is 0 Å². The summed E-state index contributed by atoms with van der Waals surface area (Å²) in [4.78, 5) is 20.6. The highest BCUT2D eigenvalue weighted by atomic mass is 32.1. The van der Waals surface area contributed by atoms with Gasteiger partial charge in [-0.05, 0) is 36.8 Å². The summed E-state index contributed by atoms with van der Waals surface area (Å²) in [7, 11) is 0. The third-order valence-corrected chi connectivity index (χ3v) is 5.23. The van der Waals surface area contributed by atoms with E-state index < -0.39 is 0 Å². The molecule has 23 heavy (non-hydrogen) atoms. The molecule has 1 aliphatic heterocycles. The molecule has 0 aliphatic carbocycles. The molecule has 1 aliphatic rings. The van der Waals surface area contributed by atoms with Crippen molar-refractivity contribution in [2.45, 2.75) is 31.7 Å². The summed E-state index contributed by atoms with van der Waals surface area (Å²) in [5.41, 5.74) is 1.80. The lowest BCUT2D eigenvalue weighted by atomic mass is 9.98. The molecule has 5 nitrogen and oxygen atoms in total. The van der Waals surface area contributed by atoms with Crippen molar-refractivity contribution in [2.24, 2.45) is 0 Å². The Morgan fingerprint density at radius 3 is 3.13 bits per heavy atom. The molecule has 1 amide bonds.